The minimum atomic E-state index is -1.03. The van der Waals surface area contributed by atoms with Gasteiger partial charge in [-0.05, 0) is 53.4 Å². The normalized spacial score (nSPS) is 11.9. The third-order valence-electron chi connectivity index (χ3n) is 17.2. The summed E-state index contributed by atoms with van der Waals surface area (Å²) in [4.78, 5) is 25.5. The van der Waals surface area contributed by atoms with Gasteiger partial charge in [-0.25, -0.2) is 59.7 Å². The van der Waals surface area contributed by atoms with Crippen LogP contribution in [-0.2, 0) is 180 Å². The minimum absolute atomic E-state index is 0.557. The summed E-state index contributed by atoms with van der Waals surface area (Å²) in [6.07, 6.45) is 51.7. The molecular formula is C86H166N14O20Si+8. The second-order valence-corrected chi connectivity index (χ2v) is 33.8. The van der Waals surface area contributed by atoms with E-state index in [0.717, 1.165) is 150 Å². The second kappa shape index (κ2) is 86.7. The number of quaternary nitrogens is 1. The number of hydrogen-bond donors (Lipinski definition) is 1. The number of carbonyl (C=O) groups excluding carboxylic acids is 3. The predicted molar refractivity (Wildman–Crippen MR) is 465 cm³/mol. The number of imidazole rings is 6. The number of unbranched alkanes of at least 4 members (excludes halogenated alkanes) is 3. The van der Waals surface area contributed by atoms with Crippen molar-refractivity contribution in [2.24, 2.45) is 7.05 Å². The molecule has 0 amide bonds. The Kier molecular flexibility index (Phi) is 83.3. The molecule has 1 aliphatic heterocycles. The van der Waals surface area contributed by atoms with E-state index >= 15 is 0 Å². The van der Waals surface area contributed by atoms with Crippen LogP contribution >= 0.6 is 0 Å². The Bertz CT molecular complexity index is 3220. The standard InChI is InChI=1S/2C16H31N2O5.C14H24N4.C14H27N2O3.C12H25N2O2Si.C11H21N2O2.3CH2O/c1-19-9-4-5-17-6-7-18(8-10-22-13-11-20-2)16(17)15-23-14-12-21-3;1-19-10-12-21-8-3-4-17-5-6-18(16-17)7-9-22-14-15-23-13-11-20-2;1-15-9-11-17(13-15)7-5-3-4-6-8-18-12-10-16(2)14-18;1-3-17-10-5-6-15-7-8-16(14-15)9-11-19-13-12-18-4-2;1-15-9-10-16-8-7-13-5-6-14(11-13)12-17(2,3)4;1-3-12-5-6-13(11-12)7-8-15-10-9-14-4-2;3*1-2/h6-7H,4-5,8-15H2,1-3H3;5-6,16H,3-4,7-15H2,1-2H3;9-14H,3-8H2,1-2H3;7-8,14H,3-6,9-13H2,1-2H3;5-6,11H,7-10,12H2,1-4H3;5-6,11H,3-4,7-10H2,1-2H3;3*1H2/q2*+1;+2;3*+1;;;/p+1. The number of ether oxygens (including phenoxy) is 17. The molecule has 0 spiro atoms. The van der Waals surface area contributed by atoms with Gasteiger partial charge in [0, 0.05) is 88.3 Å². The van der Waals surface area contributed by atoms with E-state index in [9.17, 15) is 0 Å². The molecule has 0 fully saturated rings. The van der Waals surface area contributed by atoms with E-state index in [4.69, 9.17) is 94.9 Å². The van der Waals surface area contributed by atoms with Gasteiger partial charge in [0.25, 0.3) is 5.82 Å². The lowest BCUT2D eigenvalue weighted by molar-refractivity contribution is -0.748. The largest absolute Gasteiger partial charge is 0.385 e. The average Bonchev–Trinajstić information content (AvgIpc) is 1.73. The summed E-state index contributed by atoms with van der Waals surface area (Å²) < 4.78 is 118. The third-order valence-corrected chi connectivity index (χ3v) is 18.5. The van der Waals surface area contributed by atoms with Gasteiger partial charge < -0.3 is 94.9 Å². The van der Waals surface area contributed by atoms with Crippen LogP contribution in [0.1, 0.15) is 78.5 Å². The molecule has 7 heterocycles. The van der Waals surface area contributed by atoms with E-state index in [-0.39, 0.29) is 0 Å². The quantitative estimate of drug-likeness (QED) is 0.0322. The summed E-state index contributed by atoms with van der Waals surface area (Å²) in [6, 6.07) is 0. The zero-order valence-corrected chi connectivity index (χ0v) is 78.4. The summed E-state index contributed by atoms with van der Waals surface area (Å²) in [5, 5.41) is 0. The van der Waals surface area contributed by atoms with Gasteiger partial charge in [-0.1, -0.05) is 19.6 Å². The predicted octanol–water partition coefficient (Wildman–Crippen LogP) is 3.92. The Morgan fingerprint density at radius 1 is 0.347 bits per heavy atom. The molecule has 6 aromatic heterocycles. The van der Waals surface area contributed by atoms with Crippen LogP contribution in [0.4, 0.5) is 0 Å². The number of carbonyl (C=O) groups is 3. The number of nitrogens with zero attached hydrogens (tertiary/aromatic N) is 13. The van der Waals surface area contributed by atoms with Crippen LogP contribution in [-0.4, -0.2) is 301 Å². The number of hydrogen-bond acceptors (Lipinski definition) is 20. The molecule has 1 unspecified atom stereocenters. The molecule has 6 aromatic rings. The molecule has 34 nitrogen and oxygen atoms in total. The van der Waals surface area contributed by atoms with E-state index < -0.39 is 8.07 Å². The van der Waals surface area contributed by atoms with Crippen molar-refractivity contribution in [3.8, 4) is 0 Å². The fourth-order valence-corrected chi connectivity index (χ4v) is 12.3. The lowest BCUT2D eigenvalue weighted by Gasteiger charge is -2.11. The van der Waals surface area contributed by atoms with Crippen molar-refractivity contribution in [2.45, 2.75) is 171 Å². The fourth-order valence-electron chi connectivity index (χ4n) is 11.1. The van der Waals surface area contributed by atoms with Crippen LogP contribution in [0.3, 0.4) is 0 Å². The van der Waals surface area contributed by atoms with Gasteiger partial charge in [0.05, 0.1) is 213 Å². The van der Waals surface area contributed by atoms with Gasteiger partial charge >= 0.3 is 6.34 Å². The van der Waals surface area contributed by atoms with Crippen LogP contribution in [0, 0.1) is 0 Å². The second-order valence-electron chi connectivity index (χ2n) is 28.4. The minimum Gasteiger partial charge on any atom is -0.385 e. The van der Waals surface area contributed by atoms with Crippen LogP contribution < -0.4 is 32.3 Å². The number of methoxy groups -OCH3 is 6. The van der Waals surface area contributed by atoms with Gasteiger partial charge in [0.2, 0.25) is 37.8 Å². The molecule has 7 rings (SSSR count). The summed E-state index contributed by atoms with van der Waals surface area (Å²) >= 11 is 0. The first-order valence-electron chi connectivity index (χ1n) is 42.7. The van der Waals surface area contributed by atoms with Crippen LogP contribution in [0.5, 0.6) is 0 Å². The van der Waals surface area contributed by atoms with Gasteiger partial charge in [0.15, 0.2) is 6.20 Å². The van der Waals surface area contributed by atoms with E-state index in [1.165, 1.54) is 43.3 Å². The molecule has 35 heteroatoms. The molecule has 0 bridgehead atoms. The van der Waals surface area contributed by atoms with Gasteiger partial charge in [-0.15, -0.1) is 0 Å². The smallest absolute Gasteiger partial charge is 0.335 e. The van der Waals surface area contributed by atoms with E-state index in [1.807, 2.05) is 41.1 Å². The van der Waals surface area contributed by atoms with Crippen LogP contribution in [0.15, 0.2) is 118 Å². The molecular weight excluding hydrogens is 1580 g/mol. The zero-order chi connectivity index (χ0) is 89.6. The fraction of sp³-hybridized carbons (Fsp3) is 0.721. The van der Waals surface area contributed by atoms with Crippen LogP contribution in [0.2, 0.25) is 19.6 Å². The Balaban J connectivity index is 0. The molecule has 0 radical (unpaired) electrons. The molecule has 121 heavy (non-hydrogen) atoms. The van der Waals surface area contributed by atoms with E-state index in [1.54, 1.807) is 42.7 Å². The van der Waals surface area contributed by atoms with Gasteiger partial charge in [0.1, 0.15) is 141 Å². The Labute approximate surface area is 727 Å². The highest BCUT2D eigenvalue weighted by Gasteiger charge is 2.20. The highest BCUT2D eigenvalue weighted by Crippen LogP contribution is 2.04. The lowest BCUT2D eigenvalue weighted by Crippen LogP contribution is -3.05. The number of nitrogens with one attached hydrogen (secondary N) is 1. The topological polar surface area (TPSA) is 268 Å². The number of rotatable bonds is 66. The monoisotopic (exact) mass is 1740 g/mol. The first kappa shape index (κ1) is 116. The third kappa shape index (κ3) is 70.2. The van der Waals surface area contributed by atoms with Crippen molar-refractivity contribution in [1.29, 1.82) is 0 Å². The number of aromatic nitrogens is 12. The SMILES string of the molecule is C=O.C=O.C=O.CCOCCC[n+]1ccn(CCOCCOCC)c1.CCOCCOCC[n+]1ccn(CC)c1.COCCC[n+]1ccn(CCOCCOC)c1COCCOC.COCCOCCC[n+]1ccn(CCOCCOCCOC)c1.COCCOCCn1cc[n+](C[Si](C)(C)C)c1.C[N+]1=C[NH+](CCCCCCn2cc[n+](C)c2)C=C1. The van der Waals surface area contributed by atoms with Crippen molar-refractivity contribution in [1.82, 2.24) is 27.4 Å². The highest BCUT2D eigenvalue weighted by atomic mass is 28.3. The molecule has 1 N–H and O–H groups in total. The van der Waals surface area contributed by atoms with Crippen molar-refractivity contribution in [2.75, 3.05) is 235 Å². The zero-order valence-electron chi connectivity index (χ0n) is 77.4. The average molecular weight is 1740 g/mol. The Morgan fingerprint density at radius 3 is 1.18 bits per heavy atom. The first-order valence-corrected chi connectivity index (χ1v) is 46.4. The number of aryl methyl sites for hydroxylation is 6. The van der Waals surface area contributed by atoms with Gasteiger partial charge in [-0.2, -0.15) is 4.58 Å². The van der Waals surface area contributed by atoms with Gasteiger partial charge in [-0.3, -0.25) is 0 Å². The summed E-state index contributed by atoms with van der Waals surface area (Å²) in [5.74, 6) is 1.13. The molecule has 0 aromatic carbocycles. The molecule has 0 saturated carbocycles. The van der Waals surface area contributed by atoms with Crippen molar-refractivity contribution >= 4 is 34.8 Å². The van der Waals surface area contributed by atoms with Crippen molar-refractivity contribution in [3.63, 3.8) is 0 Å². The first-order chi connectivity index (χ1) is 59.2. The summed E-state index contributed by atoms with van der Waals surface area (Å²) in [7, 11) is 13.2. The summed E-state index contributed by atoms with van der Waals surface area (Å²) in [6.45, 7) is 50.9. The lowest BCUT2D eigenvalue weighted by atomic mass is 10.2. The van der Waals surface area contributed by atoms with E-state index in [2.05, 4.69) is 225 Å². The molecule has 1 atom stereocenters. The van der Waals surface area contributed by atoms with Crippen molar-refractivity contribution in [3.05, 3.63) is 124 Å². The Hall–Kier alpha value is -6.82. The van der Waals surface area contributed by atoms with Crippen molar-refractivity contribution < 1.29 is 132 Å². The Morgan fingerprint density at radius 2 is 0.727 bits per heavy atom. The molecule has 0 aliphatic carbocycles. The highest BCUT2D eigenvalue weighted by molar-refractivity contribution is 6.74. The molecule has 1 aliphatic rings. The maximum Gasteiger partial charge on any atom is 0.335 e. The summed E-state index contributed by atoms with van der Waals surface area (Å²) in [5.41, 5.74) is 0. The maximum absolute atomic E-state index is 8.00. The molecule has 696 valence electrons. The van der Waals surface area contributed by atoms with E-state index in [0.29, 0.717) is 126 Å². The van der Waals surface area contributed by atoms with Crippen LogP contribution in [0.25, 0.3) is 0 Å². The molecule has 0 saturated heterocycles. The maximum atomic E-state index is 8.00.